The third-order valence-corrected chi connectivity index (χ3v) is 3.84. The Morgan fingerprint density at radius 1 is 1.52 bits per heavy atom. The first-order valence-electron chi connectivity index (χ1n) is 6.57. The Morgan fingerprint density at radius 2 is 2.33 bits per heavy atom. The Bertz CT molecular complexity index is 483. The van der Waals surface area contributed by atoms with E-state index in [0.717, 1.165) is 36.2 Å². The molecule has 2 rings (SSSR count). The Kier molecular flexibility index (Phi) is 5.40. The number of halogens is 3. The molecule has 0 aromatic carbocycles. The van der Waals surface area contributed by atoms with Gasteiger partial charge in [-0.3, -0.25) is 4.99 Å². The van der Waals surface area contributed by atoms with E-state index in [0.29, 0.717) is 17.5 Å². The topological polar surface area (TPSA) is 58.5 Å². The summed E-state index contributed by atoms with van der Waals surface area (Å²) in [7, 11) is 1.60. The average molecular weight is 322 g/mol. The van der Waals surface area contributed by atoms with Crippen molar-refractivity contribution in [2.45, 2.75) is 31.7 Å². The fourth-order valence-electron chi connectivity index (χ4n) is 1.92. The van der Waals surface area contributed by atoms with Crippen molar-refractivity contribution >= 4 is 17.3 Å². The SMILES string of the molecule is CN=C(NCc1nc(C(F)(F)F)cs1)NCC1CCCO1. The maximum Gasteiger partial charge on any atom is 0.434 e. The van der Waals surface area contributed by atoms with Crippen LogP contribution in [0.2, 0.25) is 0 Å². The van der Waals surface area contributed by atoms with Crippen molar-refractivity contribution in [3.8, 4) is 0 Å². The predicted octanol–water partition coefficient (Wildman–Crippen LogP) is 2.01. The van der Waals surface area contributed by atoms with E-state index < -0.39 is 11.9 Å². The highest BCUT2D eigenvalue weighted by Crippen LogP contribution is 2.29. The molecule has 1 atom stereocenters. The van der Waals surface area contributed by atoms with Gasteiger partial charge in [0, 0.05) is 25.6 Å². The number of thiazole rings is 1. The average Bonchev–Trinajstić information content (AvgIpc) is 3.09. The van der Waals surface area contributed by atoms with E-state index in [1.807, 2.05) is 0 Å². The lowest BCUT2D eigenvalue weighted by Gasteiger charge is -2.14. The van der Waals surface area contributed by atoms with Crippen molar-refractivity contribution in [2.24, 2.45) is 4.99 Å². The van der Waals surface area contributed by atoms with Gasteiger partial charge >= 0.3 is 6.18 Å². The van der Waals surface area contributed by atoms with Gasteiger partial charge in [-0.15, -0.1) is 11.3 Å². The standard InChI is InChI=1S/C12H17F3N4OS/c1-16-11(17-5-8-3-2-4-20-8)18-6-10-19-9(7-21-10)12(13,14)15/h7-8H,2-6H2,1H3,(H2,16,17,18). The number of aromatic nitrogens is 1. The summed E-state index contributed by atoms with van der Waals surface area (Å²) in [6, 6.07) is 0. The lowest BCUT2D eigenvalue weighted by molar-refractivity contribution is -0.140. The van der Waals surface area contributed by atoms with Crippen LogP contribution in [0, 0.1) is 0 Å². The third-order valence-electron chi connectivity index (χ3n) is 2.99. The van der Waals surface area contributed by atoms with E-state index in [2.05, 4.69) is 20.6 Å². The van der Waals surface area contributed by atoms with Crippen LogP contribution in [0.1, 0.15) is 23.5 Å². The highest BCUT2D eigenvalue weighted by molar-refractivity contribution is 7.09. The summed E-state index contributed by atoms with van der Waals surface area (Å²) >= 11 is 0.971. The summed E-state index contributed by atoms with van der Waals surface area (Å²) in [5.74, 6) is 0.522. The number of nitrogens with one attached hydrogen (secondary N) is 2. The number of hydrogen-bond donors (Lipinski definition) is 2. The second-order valence-electron chi connectivity index (χ2n) is 4.57. The van der Waals surface area contributed by atoms with E-state index in [-0.39, 0.29) is 12.6 Å². The molecule has 1 aliphatic rings. The lowest BCUT2D eigenvalue weighted by Crippen LogP contribution is -2.40. The first-order valence-corrected chi connectivity index (χ1v) is 7.44. The smallest absolute Gasteiger partial charge is 0.376 e. The molecule has 2 N–H and O–H groups in total. The van der Waals surface area contributed by atoms with Crippen LogP contribution in [0.4, 0.5) is 13.2 Å². The van der Waals surface area contributed by atoms with Crippen molar-refractivity contribution < 1.29 is 17.9 Å². The van der Waals surface area contributed by atoms with Gasteiger partial charge in [-0.1, -0.05) is 0 Å². The van der Waals surface area contributed by atoms with Crippen LogP contribution in [0.3, 0.4) is 0 Å². The minimum atomic E-state index is -4.39. The van der Waals surface area contributed by atoms with E-state index in [9.17, 15) is 13.2 Å². The number of nitrogens with zero attached hydrogens (tertiary/aromatic N) is 2. The molecule has 118 valence electrons. The van der Waals surface area contributed by atoms with Crippen LogP contribution in [0.25, 0.3) is 0 Å². The van der Waals surface area contributed by atoms with Crippen molar-refractivity contribution in [1.82, 2.24) is 15.6 Å². The quantitative estimate of drug-likeness (QED) is 0.658. The highest BCUT2D eigenvalue weighted by Gasteiger charge is 2.33. The van der Waals surface area contributed by atoms with Crippen molar-refractivity contribution in [3.05, 3.63) is 16.1 Å². The first kappa shape index (κ1) is 16.0. The van der Waals surface area contributed by atoms with Crippen LogP contribution < -0.4 is 10.6 Å². The van der Waals surface area contributed by atoms with E-state index in [4.69, 9.17) is 4.74 Å². The monoisotopic (exact) mass is 322 g/mol. The largest absolute Gasteiger partial charge is 0.434 e. The molecule has 0 saturated carbocycles. The molecule has 1 aromatic rings. The van der Waals surface area contributed by atoms with Gasteiger partial charge in [-0.2, -0.15) is 13.2 Å². The predicted molar refractivity (Wildman–Crippen MR) is 74.3 cm³/mol. The van der Waals surface area contributed by atoms with Gasteiger partial charge in [0.15, 0.2) is 11.7 Å². The summed E-state index contributed by atoms with van der Waals surface area (Å²) in [6.45, 7) is 1.61. The van der Waals surface area contributed by atoms with E-state index in [1.54, 1.807) is 7.05 Å². The Balaban J connectivity index is 1.78. The molecule has 5 nitrogen and oxygen atoms in total. The normalized spacial score (nSPS) is 19.8. The second kappa shape index (κ2) is 7.08. The molecule has 2 heterocycles. The molecule has 1 aromatic heterocycles. The molecule has 0 amide bonds. The number of rotatable bonds is 4. The summed E-state index contributed by atoms with van der Waals surface area (Å²) in [6.07, 6.45) is -2.17. The molecule has 1 unspecified atom stereocenters. The summed E-state index contributed by atoms with van der Waals surface area (Å²) in [5.41, 5.74) is -0.855. The molecule has 0 radical (unpaired) electrons. The zero-order valence-corrected chi connectivity index (χ0v) is 12.4. The highest BCUT2D eigenvalue weighted by atomic mass is 32.1. The maximum atomic E-state index is 12.4. The fourth-order valence-corrected chi connectivity index (χ4v) is 2.66. The Hall–Kier alpha value is -1.35. The third kappa shape index (κ3) is 4.85. The molecule has 1 aliphatic heterocycles. The van der Waals surface area contributed by atoms with Gasteiger partial charge in [0.05, 0.1) is 12.6 Å². The number of alkyl halides is 3. The molecular formula is C12H17F3N4OS. The van der Waals surface area contributed by atoms with Crippen LogP contribution in [-0.2, 0) is 17.5 Å². The van der Waals surface area contributed by atoms with Gasteiger partial charge in [0.25, 0.3) is 0 Å². The number of aliphatic imine (C=N–C) groups is 1. The van der Waals surface area contributed by atoms with Crippen molar-refractivity contribution in [3.63, 3.8) is 0 Å². The van der Waals surface area contributed by atoms with E-state index >= 15 is 0 Å². The number of hydrogen-bond acceptors (Lipinski definition) is 4. The van der Waals surface area contributed by atoms with Gasteiger partial charge in [0.2, 0.25) is 0 Å². The van der Waals surface area contributed by atoms with Gasteiger partial charge in [-0.05, 0) is 12.8 Å². The molecule has 9 heteroatoms. The minimum Gasteiger partial charge on any atom is -0.376 e. The molecule has 21 heavy (non-hydrogen) atoms. The summed E-state index contributed by atoms with van der Waals surface area (Å²) in [5, 5.41) is 7.40. The zero-order chi connectivity index (χ0) is 15.3. The minimum absolute atomic E-state index is 0.167. The molecule has 0 spiro atoms. The summed E-state index contributed by atoms with van der Waals surface area (Å²) in [4.78, 5) is 7.56. The van der Waals surface area contributed by atoms with Crippen LogP contribution in [0.5, 0.6) is 0 Å². The number of ether oxygens (including phenoxy) is 1. The Morgan fingerprint density at radius 3 is 2.90 bits per heavy atom. The molecular weight excluding hydrogens is 305 g/mol. The van der Waals surface area contributed by atoms with Crippen LogP contribution in [-0.4, -0.2) is 37.2 Å². The van der Waals surface area contributed by atoms with Gasteiger partial charge < -0.3 is 15.4 Å². The molecule has 1 saturated heterocycles. The first-order chi connectivity index (χ1) is 9.99. The maximum absolute atomic E-state index is 12.4. The van der Waals surface area contributed by atoms with E-state index in [1.165, 1.54) is 0 Å². The number of guanidine groups is 1. The Labute approximate surface area is 124 Å². The van der Waals surface area contributed by atoms with Crippen molar-refractivity contribution in [1.29, 1.82) is 0 Å². The van der Waals surface area contributed by atoms with Crippen molar-refractivity contribution in [2.75, 3.05) is 20.2 Å². The molecule has 0 aliphatic carbocycles. The zero-order valence-electron chi connectivity index (χ0n) is 11.5. The van der Waals surface area contributed by atoms with Crippen LogP contribution >= 0.6 is 11.3 Å². The van der Waals surface area contributed by atoms with Crippen LogP contribution in [0.15, 0.2) is 10.4 Å². The summed E-state index contributed by atoms with van der Waals surface area (Å²) < 4.78 is 42.8. The van der Waals surface area contributed by atoms with Gasteiger partial charge in [0.1, 0.15) is 5.01 Å². The second-order valence-corrected chi connectivity index (χ2v) is 5.51. The lowest BCUT2D eigenvalue weighted by atomic mass is 10.2. The van der Waals surface area contributed by atoms with Gasteiger partial charge in [-0.25, -0.2) is 4.98 Å². The fraction of sp³-hybridized carbons (Fsp3) is 0.667. The molecule has 0 bridgehead atoms. The molecule has 1 fully saturated rings.